The number of methoxy groups -OCH3 is 1. The van der Waals surface area contributed by atoms with Gasteiger partial charge in [0.15, 0.2) is 0 Å². The molecule has 0 aliphatic heterocycles. The lowest BCUT2D eigenvalue weighted by Gasteiger charge is -2.02. The topological polar surface area (TPSA) is 45.0 Å². The van der Waals surface area contributed by atoms with Crippen molar-refractivity contribution in [1.29, 1.82) is 5.26 Å². The Morgan fingerprint density at radius 1 is 1.40 bits per heavy atom. The Labute approximate surface area is 90.3 Å². The molecule has 1 N–H and O–H groups in total. The zero-order valence-corrected chi connectivity index (χ0v) is 8.45. The molecule has 1 aromatic carbocycles. The van der Waals surface area contributed by atoms with Crippen molar-refractivity contribution in [3.8, 4) is 23.6 Å². The first-order chi connectivity index (χ1) is 7.36. The van der Waals surface area contributed by atoms with Gasteiger partial charge in [0.2, 0.25) is 0 Å². The van der Waals surface area contributed by atoms with E-state index in [1.165, 1.54) is 7.41 Å². The van der Waals surface area contributed by atoms with Gasteiger partial charge in [0, 0.05) is 12.1 Å². The Morgan fingerprint density at radius 2 is 2.13 bits per heavy atom. The molecular weight excluding hydrogens is 187 g/mol. The van der Waals surface area contributed by atoms with Crippen LogP contribution in [-0.4, -0.2) is 21.1 Å². The molecule has 0 aliphatic rings. The van der Waals surface area contributed by atoms with E-state index < -0.39 is 0 Å². The summed E-state index contributed by atoms with van der Waals surface area (Å²) in [5.74, 6) is 8.52. The molecule has 0 bridgehead atoms. The molecule has 0 spiro atoms. The van der Waals surface area contributed by atoms with Crippen LogP contribution >= 0.6 is 0 Å². The third-order valence-corrected chi connectivity index (χ3v) is 1.68. The standard InChI is InChI=1S/C11H10BN2O/c1-15-11-6-4-10(5-7-11)3-2-8-14-12-9-13/h4-7,14H,8H2,1H3/q-1. The fraction of sp³-hybridized carbons (Fsp3) is 0.182. The summed E-state index contributed by atoms with van der Waals surface area (Å²) in [4.78, 5) is 0. The van der Waals surface area contributed by atoms with E-state index in [9.17, 15) is 0 Å². The van der Waals surface area contributed by atoms with E-state index in [4.69, 9.17) is 10.00 Å². The maximum absolute atomic E-state index is 8.21. The minimum atomic E-state index is 0.472. The molecule has 2 radical (unpaired) electrons. The molecule has 0 saturated carbocycles. The van der Waals surface area contributed by atoms with Crippen molar-refractivity contribution >= 4 is 7.41 Å². The number of nitriles is 1. The van der Waals surface area contributed by atoms with E-state index in [2.05, 4.69) is 17.1 Å². The van der Waals surface area contributed by atoms with Gasteiger partial charge in [0.05, 0.1) is 7.11 Å². The summed E-state index contributed by atoms with van der Waals surface area (Å²) in [6.07, 6.45) is 0. The molecule has 0 unspecified atom stereocenters. The Balaban J connectivity index is 2.46. The van der Waals surface area contributed by atoms with Gasteiger partial charge in [-0.3, -0.25) is 5.26 Å². The van der Waals surface area contributed by atoms with Crippen LogP contribution in [0.4, 0.5) is 0 Å². The molecule has 0 fully saturated rings. The van der Waals surface area contributed by atoms with Crippen molar-refractivity contribution in [3.63, 3.8) is 0 Å². The molecular formula is C11H10BN2O-. The summed E-state index contributed by atoms with van der Waals surface area (Å²) in [7, 11) is 2.94. The van der Waals surface area contributed by atoms with Crippen LogP contribution in [0.3, 0.4) is 0 Å². The van der Waals surface area contributed by atoms with Gasteiger partial charge in [-0.05, 0) is 24.3 Å². The van der Waals surface area contributed by atoms with E-state index in [0.717, 1.165) is 11.3 Å². The van der Waals surface area contributed by atoms with Crippen molar-refractivity contribution in [1.82, 2.24) is 5.23 Å². The van der Waals surface area contributed by atoms with Crippen LogP contribution in [0.2, 0.25) is 0 Å². The van der Waals surface area contributed by atoms with Crippen LogP contribution in [0.5, 0.6) is 5.75 Å². The third-order valence-electron chi connectivity index (χ3n) is 1.68. The Bertz CT molecular complexity index is 397. The maximum atomic E-state index is 8.21. The van der Waals surface area contributed by atoms with Gasteiger partial charge in [0.1, 0.15) is 5.75 Å². The highest BCUT2D eigenvalue weighted by molar-refractivity contribution is 6.42. The summed E-state index contributed by atoms with van der Waals surface area (Å²) in [5, 5.41) is 11.0. The Kier molecular flexibility index (Phi) is 4.87. The van der Waals surface area contributed by atoms with Crippen LogP contribution in [0.25, 0.3) is 0 Å². The SMILES string of the molecule is COc1ccc(C#CCN[B-]C#N)cc1. The molecule has 0 aliphatic carbocycles. The molecule has 74 valence electrons. The summed E-state index contributed by atoms with van der Waals surface area (Å²) in [6.45, 7) is 0.472. The van der Waals surface area contributed by atoms with E-state index in [0.29, 0.717) is 6.54 Å². The van der Waals surface area contributed by atoms with E-state index >= 15 is 0 Å². The van der Waals surface area contributed by atoms with Gasteiger partial charge in [0.25, 0.3) is 0 Å². The van der Waals surface area contributed by atoms with Crippen LogP contribution in [0, 0.1) is 23.1 Å². The van der Waals surface area contributed by atoms with E-state index in [1.54, 1.807) is 7.11 Å². The first-order valence-electron chi connectivity index (χ1n) is 4.44. The zero-order valence-electron chi connectivity index (χ0n) is 8.45. The molecule has 4 heteroatoms. The average Bonchev–Trinajstić information content (AvgIpc) is 2.30. The predicted octanol–water partition coefficient (Wildman–Crippen LogP) is 0.737. The highest BCUT2D eigenvalue weighted by atomic mass is 16.5. The fourth-order valence-corrected chi connectivity index (χ4v) is 0.968. The molecule has 1 rings (SSSR count). The number of hydrogen-bond donors (Lipinski definition) is 1. The quantitative estimate of drug-likeness (QED) is 0.441. The smallest absolute Gasteiger partial charge is 0.118 e. The second-order valence-electron chi connectivity index (χ2n) is 2.68. The second kappa shape index (κ2) is 6.53. The van der Waals surface area contributed by atoms with Gasteiger partial charge in [-0.25, -0.2) is 5.97 Å². The first kappa shape index (κ1) is 11.2. The monoisotopic (exact) mass is 197 g/mol. The summed E-state index contributed by atoms with van der Waals surface area (Å²) < 4.78 is 5.03. The molecule has 15 heavy (non-hydrogen) atoms. The van der Waals surface area contributed by atoms with Crippen LogP contribution in [0.15, 0.2) is 24.3 Å². The molecule has 0 saturated heterocycles. The molecule has 0 atom stereocenters. The lowest BCUT2D eigenvalue weighted by molar-refractivity contribution is 0.415. The van der Waals surface area contributed by atoms with Crippen molar-refractivity contribution in [2.75, 3.05) is 13.7 Å². The summed E-state index contributed by atoms with van der Waals surface area (Å²) in [5.41, 5.74) is 0.926. The van der Waals surface area contributed by atoms with E-state index in [-0.39, 0.29) is 0 Å². The van der Waals surface area contributed by atoms with Crippen molar-refractivity contribution in [3.05, 3.63) is 29.8 Å². The van der Waals surface area contributed by atoms with Crippen molar-refractivity contribution in [2.24, 2.45) is 0 Å². The van der Waals surface area contributed by atoms with Gasteiger partial charge in [-0.2, -0.15) is 0 Å². The zero-order chi connectivity index (χ0) is 10.9. The highest BCUT2D eigenvalue weighted by Gasteiger charge is 1.88. The maximum Gasteiger partial charge on any atom is 0.118 e. The molecule has 3 nitrogen and oxygen atoms in total. The molecule has 0 aromatic heterocycles. The normalized spacial score (nSPS) is 8.53. The van der Waals surface area contributed by atoms with Crippen molar-refractivity contribution in [2.45, 2.75) is 0 Å². The molecule has 0 amide bonds. The number of nitrogens with one attached hydrogen (secondary N) is 1. The van der Waals surface area contributed by atoms with Gasteiger partial charge < -0.3 is 9.96 Å². The molecule has 0 heterocycles. The second-order valence-corrected chi connectivity index (χ2v) is 2.68. The van der Waals surface area contributed by atoms with Crippen LogP contribution in [-0.2, 0) is 0 Å². The highest BCUT2D eigenvalue weighted by Crippen LogP contribution is 2.09. The number of rotatable bonds is 3. The van der Waals surface area contributed by atoms with Crippen LogP contribution in [0.1, 0.15) is 5.56 Å². The third kappa shape index (κ3) is 4.22. The summed E-state index contributed by atoms with van der Waals surface area (Å²) >= 11 is 0. The van der Waals surface area contributed by atoms with Crippen molar-refractivity contribution < 1.29 is 4.74 Å². The lowest BCUT2D eigenvalue weighted by atomic mass is 9.99. The largest absolute Gasteiger partial charge is 0.528 e. The predicted molar refractivity (Wildman–Crippen MR) is 59.2 cm³/mol. The van der Waals surface area contributed by atoms with Gasteiger partial charge in [-0.1, -0.05) is 11.8 Å². The molecule has 1 aromatic rings. The van der Waals surface area contributed by atoms with Crippen LogP contribution < -0.4 is 9.96 Å². The summed E-state index contributed by atoms with van der Waals surface area (Å²) in [6, 6.07) is 7.50. The van der Waals surface area contributed by atoms with E-state index in [1.807, 2.05) is 30.2 Å². The Morgan fingerprint density at radius 3 is 2.73 bits per heavy atom. The number of nitrogens with zero attached hydrogens (tertiary/aromatic N) is 1. The number of benzene rings is 1. The number of ether oxygens (including phenoxy) is 1. The minimum Gasteiger partial charge on any atom is -0.528 e. The minimum absolute atomic E-state index is 0.472. The fourth-order valence-electron chi connectivity index (χ4n) is 0.968. The first-order valence-corrected chi connectivity index (χ1v) is 4.44. The lowest BCUT2D eigenvalue weighted by Crippen LogP contribution is -2.17. The Hall–Kier alpha value is -1.91. The number of hydrogen-bond acceptors (Lipinski definition) is 3. The average molecular weight is 197 g/mol. The van der Waals surface area contributed by atoms with Gasteiger partial charge >= 0.3 is 0 Å². The van der Waals surface area contributed by atoms with Gasteiger partial charge in [-0.15, -0.1) is 7.41 Å².